The van der Waals surface area contributed by atoms with Crippen molar-refractivity contribution in [1.82, 2.24) is 10.2 Å². The topological polar surface area (TPSA) is 32.3 Å². The zero-order chi connectivity index (χ0) is 13.8. The molecule has 1 amide bonds. The number of nitrogens with one attached hydrogen (secondary N) is 1. The van der Waals surface area contributed by atoms with E-state index in [0.717, 1.165) is 25.1 Å². The van der Waals surface area contributed by atoms with E-state index in [2.05, 4.69) is 12.2 Å². The number of likely N-dealkylation sites (tertiary alicyclic amines) is 1. The van der Waals surface area contributed by atoms with Gasteiger partial charge in [-0.15, -0.1) is 0 Å². The number of carbonyl (C=O) groups is 1. The largest absolute Gasteiger partial charge is 0.341 e. The van der Waals surface area contributed by atoms with Gasteiger partial charge >= 0.3 is 0 Å². The van der Waals surface area contributed by atoms with E-state index in [-0.39, 0.29) is 11.9 Å². The lowest BCUT2D eigenvalue weighted by Crippen LogP contribution is -2.39. The Morgan fingerprint density at radius 1 is 1.32 bits per heavy atom. The number of hydrogen-bond acceptors (Lipinski definition) is 2. The van der Waals surface area contributed by atoms with E-state index in [9.17, 15) is 4.79 Å². The standard InChI is InChI=1S/C14H18Cl2N2O/c1-10(9-18-4-2-3-14(18)19)17-8-11-5-12(15)7-13(16)6-11/h5-7,10,17H,2-4,8-9H2,1H3. The van der Waals surface area contributed by atoms with Crippen LogP contribution in [0.3, 0.4) is 0 Å². The van der Waals surface area contributed by atoms with Crippen LogP contribution >= 0.6 is 23.2 Å². The van der Waals surface area contributed by atoms with Crippen molar-refractivity contribution < 1.29 is 4.79 Å². The van der Waals surface area contributed by atoms with Crippen LogP contribution < -0.4 is 5.32 Å². The average molecular weight is 301 g/mol. The lowest BCUT2D eigenvalue weighted by atomic mass is 10.2. The van der Waals surface area contributed by atoms with Gasteiger partial charge in [0.05, 0.1) is 0 Å². The zero-order valence-electron chi connectivity index (χ0n) is 11.0. The molecule has 1 unspecified atom stereocenters. The molecule has 1 saturated heterocycles. The summed E-state index contributed by atoms with van der Waals surface area (Å²) in [5.74, 6) is 0.263. The molecule has 0 aliphatic carbocycles. The second-order valence-corrected chi connectivity index (χ2v) is 5.88. The van der Waals surface area contributed by atoms with E-state index >= 15 is 0 Å². The molecule has 104 valence electrons. The molecule has 19 heavy (non-hydrogen) atoms. The lowest BCUT2D eigenvalue weighted by molar-refractivity contribution is -0.127. The number of rotatable bonds is 5. The molecule has 1 aliphatic rings. The Labute approximate surface area is 123 Å². The quantitative estimate of drug-likeness (QED) is 0.906. The fraction of sp³-hybridized carbons (Fsp3) is 0.500. The van der Waals surface area contributed by atoms with Crippen molar-refractivity contribution >= 4 is 29.1 Å². The number of carbonyl (C=O) groups excluding carboxylic acids is 1. The van der Waals surface area contributed by atoms with Gasteiger partial charge in [-0.2, -0.15) is 0 Å². The number of nitrogens with zero attached hydrogens (tertiary/aromatic N) is 1. The summed E-state index contributed by atoms with van der Waals surface area (Å²) in [6, 6.07) is 5.76. The van der Waals surface area contributed by atoms with Crippen LogP contribution in [-0.2, 0) is 11.3 Å². The van der Waals surface area contributed by atoms with E-state index < -0.39 is 0 Å². The Morgan fingerprint density at radius 2 is 2.00 bits per heavy atom. The number of amides is 1. The summed E-state index contributed by atoms with van der Waals surface area (Å²) >= 11 is 11.9. The van der Waals surface area contributed by atoms with Gasteiger partial charge in [-0.25, -0.2) is 0 Å². The molecular weight excluding hydrogens is 283 g/mol. The summed E-state index contributed by atoms with van der Waals surface area (Å²) in [6.07, 6.45) is 1.67. The number of halogens is 2. The smallest absolute Gasteiger partial charge is 0.222 e. The highest BCUT2D eigenvalue weighted by Gasteiger charge is 2.21. The normalized spacial score (nSPS) is 17.0. The molecule has 3 nitrogen and oxygen atoms in total. The Kier molecular flexibility index (Phi) is 5.08. The SMILES string of the molecule is CC(CN1CCCC1=O)NCc1cc(Cl)cc(Cl)c1. The maximum atomic E-state index is 11.5. The van der Waals surface area contributed by atoms with Gasteiger partial charge in [0.25, 0.3) is 0 Å². The lowest BCUT2D eigenvalue weighted by Gasteiger charge is -2.21. The summed E-state index contributed by atoms with van der Waals surface area (Å²) in [6.45, 7) is 4.42. The maximum Gasteiger partial charge on any atom is 0.222 e. The highest BCUT2D eigenvalue weighted by atomic mass is 35.5. The molecular formula is C14H18Cl2N2O. The van der Waals surface area contributed by atoms with Crippen LogP contribution in [0.2, 0.25) is 10.0 Å². The predicted octanol–water partition coefficient (Wildman–Crippen LogP) is 3.09. The van der Waals surface area contributed by atoms with E-state index in [1.807, 2.05) is 17.0 Å². The monoisotopic (exact) mass is 300 g/mol. The van der Waals surface area contributed by atoms with E-state index in [1.54, 1.807) is 6.07 Å². The Balaban J connectivity index is 1.82. The molecule has 1 fully saturated rings. The third-order valence-electron chi connectivity index (χ3n) is 3.24. The van der Waals surface area contributed by atoms with Crippen LogP contribution in [0.25, 0.3) is 0 Å². The van der Waals surface area contributed by atoms with Crippen LogP contribution in [0.15, 0.2) is 18.2 Å². The van der Waals surface area contributed by atoms with Gasteiger partial charge in [-0.1, -0.05) is 23.2 Å². The molecule has 1 aromatic carbocycles. The van der Waals surface area contributed by atoms with Crippen LogP contribution in [0, 0.1) is 0 Å². The molecule has 0 radical (unpaired) electrons. The first kappa shape index (κ1) is 14.6. The summed E-state index contributed by atoms with van der Waals surface area (Å²) < 4.78 is 0. The van der Waals surface area contributed by atoms with Crippen molar-refractivity contribution in [1.29, 1.82) is 0 Å². The molecule has 0 aromatic heterocycles. The van der Waals surface area contributed by atoms with E-state index in [0.29, 0.717) is 23.0 Å². The van der Waals surface area contributed by atoms with Crippen LogP contribution in [0.4, 0.5) is 0 Å². The Morgan fingerprint density at radius 3 is 2.58 bits per heavy atom. The number of benzene rings is 1. The molecule has 2 rings (SSSR count). The Hall–Kier alpha value is -0.770. The Bertz CT molecular complexity index is 445. The van der Waals surface area contributed by atoms with Crippen LogP contribution in [-0.4, -0.2) is 29.9 Å². The molecule has 0 bridgehead atoms. The average Bonchev–Trinajstić information content (AvgIpc) is 2.71. The molecule has 1 heterocycles. The summed E-state index contributed by atoms with van der Waals surface area (Å²) in [7, 11) is 0. The summed E-state index contributed by atoms with van der Waals surface area (Å²) in [4.78, 5) is 13.5. The second-order valence-electron chi connectivity index (χ2n) is 5.00. The van der Waals surface area contributed by atoms with Gasteiger partial charge in [0.2, 0.25) is 5.91 Å². The molecule has 1 aromatic rings. The molecule has 1 aliphatic heterocycles. The van der Waals surface area contributed by atoms with E-state index in [4.69, 9.17) is 23.2 Å². The van der Waals surface area contributed by atoms with Gasteiger partial charge in [0, 0.05) is 42.1 Å². The first-order valence-corrected chi connectivity index (χ1v) is 7.26. The van der Waals surface area contributed by atoms with Crippen molar-refractivity contribution in [2.45, 2.75) is 32.4 Å². The van der Waals surface area contributed by atoms with Crippen molar-refractivity contribution in [2.24, 2.45) is 0 Å². The first-order valence-electron chi connectivity index (χ1n) is 6.51. The fourth-order valence-electron chi connectivity index (χ4n) is 2.30. The van der Waals surface area contributed by atoms with Gasteiger partial charge in [-0.3, -0.25) is 4.79 Å². The van der Waals surface area contributed by atoms with Gasteiger partial charge in [0.15, 0.2) is 0 Å². The molecule has 1 atom stereocenters. The van der Waals surface area contributed by atoms with Crippen molar-refractivity contribution in [3.05, 3.63) is 33.8 Å². The molecule has 5 heteroatoms. The highest BCUT2D eigenvalue weighted by molar-refractivity contribution is 6.34. The minimum Gasteiger partial charge on any atom is -0.341 e. The minimum absolute atomic E-state index is 0.250. The van der Waals surface area contributed by atoms with Gasteiger partial charge in [0.1, 0.15) is 0 Å². The fourth-order valence-corrected chi connectivity index (χ4v) is 2.87. The maximum absolute atomic E-state index is 11.5. The summed E-state index contributed by atoms with van der Waals surface area (Å²) in [5.41, 5.74) is 1.05. The van der Waals surface area contributed by atoms with Crippen molar-refractivity contribution in [2.75, 3.05) is 13.1 Å². The van der Waals surface area contributed by atoms with Crippen molar-refractivity contribution in [3.8, 4) is 0 Å². The summed E-state index contributed by atoms with van der Waals surface area (Å²) in [5, 5.41) is 4.68. The minimum atomic E-state index is 0.250. The molecule has 1 N–H and O–H groups in total. The number of hydrogen-bond donors (Lipinski definition) is 1. The second kappa shape index (κ2) is 6.60. The predicted molar refractivity (Wildman–Crippen MR) is 78.6 cm³/mol. The molecule has 0 saturated carbocycles. The van der Waals surface area contributed by atoms with E-state index in [1.165, 1.54) is 0 Å². The first-order chi connectivity index (χ1) is 9.04. The highest BCUT2D eigenvalue weighted by Crippen LogP contribution is 2.19. The van der Waals surface area contributed by atoms with Crippen LogP contribution in [0.5, 0.6) is 0 Å². The zero-order valence-corrected chi connectivity index (χ0v) is 12.5. The van der Waals surface area contributed by atoms with Gasteiger partial charge < -0.3 is 10.2 Å². The third-order valence-corrected chi connectivity index (χ3v) is 3.68. The van der Waals surface area contributed by atoms with Crippen molar-refractivity contribution in [3.63, 3.8) is 0 Å². The third kappa shape index (κ3) is 4.37. The van der Waals surface area contributed by atoms with Gasteiger partial charge in [-0.05, 0) is 37.1 Å². The molecule has 0 spiro atoms. The van der Waals surface area contributed by atoms with Crippen LogP contribution in [0.1, 0.15) is 25.3 Å².